The molecule has 0 atom stereocenters. The largest absolute Gasteiger partial charge is 0.276 e. The molecule has 0 bridgehead atoms. The van der Waals surface area contributed by atoms with Crippen LogP contribution in [-0.2, 0) is 19.2 Å². The van der Waals surface area contributed by atoms with Gasteiger partial charge in [0.05, 0.1) is 22.3 Å². The van der Waals surface area contributed by atoms with Crippen molar-refractivity contribution in [2.45, 2.75) is 136 Å². The van der Waals surface area contributed by atoms with Crippen molar-refractivity contribution in [3.8, 4) is 0 Å². The molecular formula is C48H76N4O8. The number of likely N-dealkylation sites (N-methyl/N-ethyl adjacent to an activating group) is 2. The molecular weight excluding hydrogens is 761 g/mol. The zero-order valence-electron chi connectivity index (χ0n) is 39.6. The number of fused-ring (bicyclic) bond motifs is 2. The maximum Gasteiger partial charge on any atom is 0.261 e. The molecule has 8 amide bonds. The molecule has 12 heteroatoms. The number of imide groups is 4. The Balaban J connectivity index is -0.000000315. The number of rotatable bonds is 4. The topological polar surface area (TPSA) is 150 Å². The van der Waals surface area contributed by atoms with Crippen LogP contribution in [0, 0.1) is 0 Å². The highest BCUT2D eigenvalue weighted by Crippen LogP contribution is 2.22. The van der Waals surface area contributed by atoms with E-state index in [4.69, 9.17) is 0 Å². The van der Waals surface area contributed by atoms with Gasteiger partial charge in [0, 0.05) is 50.5 Å². The number of hydrogen-bond donors (Lipinski definition) is 0. The number of carbonyl (C=O) groups is 8. The van der Waals surface area contributed by atoms with E-state index in [0.717, 1.165) is 0 Å². The summed E-state index contributed by atoms with van der Waals surface area (Å²) in [5.74, 6) is -1.53. The molecule has 0 spiro atoms. The molecule has 60 heavy (non-hydrogen) atoms. The molecule has 0 saturated carbocycles. The van der Waals surface area contributed by atoms with Gasteiger partial charge in [-0.25, -0.2) is 0 Å². The third kappa shape index (κ3) is 20.4. The molecule has 0 fully saturated rings. The maximum atomic E-state index is 11.5. The summed E-state index contributed by atoms with van der Waals surface area (Å²) < 4.78 is 0. The zero-order chi connectivity index (χ0) is 47.4. The van der Waals surface area contributed by atoms with E-state index in [1.807, 2.05) is 27.7 Å². The van der Waals surface area contributed by atoms with E-state index >= 15 is 0 Å². The van der Waals surface area contributed by atoms with Gasteiger partial charge in [0.1, 0.15) is 0 Å². The first-order valence-corrected chi connectivity index (χ1v) is 21.6. The lowest BCUT2D eigenvalue weighted by Gasteiger charge is -2.08. The first-order valence-electron chi connectivity index (χ1n) is 21.6. The van der Waals surface area contributed by atoms with Gasteiger partial charge < -0.3 is 0 Å². The highest BCUT2D eigenvalue weighted by molar-refractivity contribution is 6.22. The van der Waals surface area contributed by atoms with Gasteiger partial charge in [0.2, 0.25) is 0 Å². The van der Waals surface area contributed by atoms with Gasteiger partial charge in [-0.3, -0.25) is 58.0 Å². The van der Waals surface area contributed by atoms with Crippen LogP contribution in [0.4, 0.5) is 0 Å². The predicted molar refractivity (Wildman–Crippen MR) is 245 cm³/mol. The second-order valence-electron chi connectivity index (χ2n) is 12.1. The fourth-order valence-corrected chi connectivity index (χ4v) is 4.54. The van der Waals surface area contributed by atoms with Crippen molar-refractivity contribution in [1.29, 1.82) is 0 Å². The van der Waals surface area contributed by atoms with Crippen LogP contribution < -0.4 is 0 Å². The fourth-order valence-electron chi connectivity index (χ4n) is 4.54. The number of nitrogens with zero attached hydrogens (tertiary/aromatic N) is 4. The number of benzene rings is 2. The van der Waals surface area contributed by atoms with Crippen LogP contribution in [0.2, 0.25) is 0 Å². The smallest absolute Gasteiger partial charge is 0.261 e. The summed E-state index contributed by atoms with van der Waals surface area (Å²) in [5, 5.41) is 0. The van der Waals surface area contributed by atoms with E-state index in [-0.39, 0.29) is 47.3 Å². The third-order valence-corrected chi connectivity index (χ3v) is 6.82. The third-order valence-electron chi connectivity index (χ3n) is 6.82. The zero-order valence-corrected chi connectivity index (χ0v) is 39.6. The van der Waals surface area contributed by atoms with Gasteiger partial charge in [0.25, 0.3) is 47.3 Å². The van der Waals surface area contributed by atoms with Crippen molar-refractivity contribution >= 4 is 47.3 Å². The average molecular weight is 837 g/mol. The van der Waals surface area contributed by atoms with Crippen molar-refractivity contribution in [1.82, 2.24) is 19.6 Å². The van der Waals surface area contributed by atoms with Gasteiger partial charge >= 0.3 is 0 Å². The molecule has 0 radical (unpaired) electrons. The SMILES string of the molecule is CC.CC.CCC.CCC.CCC.CCC.CCN1C(=O)C=CC1=O.CCN1C(=O)C=CC1=O.CCN1C(=O)c2ccccc2C1=O.CCN1C(=O)c2ccccc2C1=O. The van der Waals surface area contributed by atoms with Gasteiger partial charge in [-0.1, -0.05) is 133 Å². The number of amides is 8. The van der Waals surface area contributed by atoms with E-state index in [2.05, 4.69) is 55.4 Å². The lowest BCUT2D eigenvalue weighted by molar-refractivity contribution is -0.138. The summed E-state index contributed by atoms with van der Waals surface area (Å²) in [5.41, 5.74) is 2.09. The minimum absolute atomic E-state index is 0.178. The van der Waals surface area contributed by atoms with Crippen LogP contribution in [0.5, 0.6) is 0 Å². The van der Waals surface area contributed by atoms with Crippen molar-refractivity contribution in [3.63, 3.8) is 0 Å². The first kappa shape index (κ1) is 61.1. The normalized spacial score (nSPS) is 13.2. The molecule has 0 aromatic heterocycles. The minimum atomic E-state index is -0.206. The van der Waals surface area contributed by atoms with Crippen LogP contribution in [0.25, 0.3) is 0 Å². The van der Waals surface area contributed by atoms with Gasteiger partial charge in [-0.15, -0.1) is 0 Å². The lowest BCUT2D eigenvalue weighted by Crippen LogP contribution is -2.29. The van der Waals surface area contributed by atoms with E-state index < -0.39 is 0 Å². The molecule has 0 unspecified atom stereocenters. The highest BCUT2D eigenvalue weighted by atomic mass is 16.2. The lowest BCUT2D eigenvalue weighted by atomic mass is 10.1. The van der Waals surface area contributed by atoms with Crippen LogP contribution in [0.1, 0.15) is 178 Å². The Kier molecular flexibility index (Phi) is 38.5. The Morgan fingerprint density at radius 1 is 0.300 bits per heavy atom. The van der Waals surface area contributed by atoms with E-state index in [1.54, 1.807) is 76.2 Å². The summed E-state index contributed by atoms with van der Waals surface area (Å²) in [6.45, 7) is 33.9. The molecule has 0 N–H and O–H groups in total. The van der Waals surface area contributed by atoms with Crippen molar-refractivity contribution < 1.29 is 38.4 Å². The van der Waals surface area contributed by atoms with Crippen LogP contribution in [-0.4, -0.2) is 93.0 Å². The fraction of sp³-hybridized carbons (Fsp3) is 0.500. The van der Waals surface area contributed by atoms with Crippen molar-refractivity contribution in [3.05, 3.63) is 95.1 Å². The molecule has 336 valence electrons. The number of hydrogen-bond acceptors (Lipinski definition) is 8. The summed E-state index contributed by atoms with van der Waals surface area (Å²) in [4.78, 5) is 93.6. The second-order valence-corrected chi connectivity index (χ2v) is 12.1. The predicted octanol–water partition coefficient (Wildman–Crippen LogP) is 10.2. The molecule has 6 rings (SSSR count). The number of carbonyl (C=O) groups excluding carboxylic acids is 8. The van der Waals surface area contributed by atoms with Crippen LogP contribution in [0.15, 0.2) is 72.8 Å². The van der Waals surface area contributed by atoms with Gasteiger partial charge in [-0.2, -0.15) is 0 Å². The summed E-state index contributed by atoms with van der Waals surface area (Å²) in [6.07, 6.45) is 10.1. The second kappa shape index (κ2) is 37.7. The highest BCUT2D eigenvalue weighted by Gasteiger charge is 2.34. The summed E-state index contributed by atoms with van der Waals surface area (Å²) >= 11 is 0. The van der Waals surface area contributed by atoms with Gasteiger partial charge in [0.15, 0.2) is 0 Å². The van der Waals surface area contributed by atoms with Crippen molar-refractivity contribution in [2.24, 2.45) is 0 Å². The quantitative estimate of drug-likeness (QED) is 0.276. The van der Waals surface area contributed by atoms with Gasteiger partial charge in [-0.05, 0) is 52.0 Å². The molecule has 4 heterocycles. The Labute approximate surface area is 362 Å². The maximum absolute atomic E-state index is 11.5. The molecule has 4 aliphatic heterocycles. The van der Waals surface area contributed by atoms with E-state index in [1.165, 1.54) is 69.6 Å². The first-order chi connectivity index (χ1) is 28.7. The van der Waals surface area contributed by atoms with Crippen LogP contribution >= 0.6 is 0 Å². The molecule has 2 aromatic carbocycles. The van der Waals surface area contributed by atoms with Crippen molar-refractivity contribution in [2.75, 3.05) is 26.2 Å². The average Bonchev–Trinajstić information content (AvgIpc) is 3.93. The molecule has 12 nitrogen and oxygen atoms in total. The van der Waals surface area contributed by atoms with E-state index in [9.17, 15) is 38.4 Å². The standard InChI is InChI=1S/2C10H9NO2.2C6H7NO2.4C3H8.2C2H6/c2*1-2-11-9(12)7-5-3-4-6-8(7)10(11)13;2*1-2-7-5(8)3-4-6(7)9;4*1-3-2;2*1-2/h2*3-6H,2H2,1H3;2*3-4H,2H2,1H3;4*3H2,1-2H3;2*1-2H3. The Bertz CT molecular complexity index is 1430. The molecule has 2 aromatic rings. The molecule has 0 saturated heterocycles. The molecule has 0 aliphatic carbocycles. The summed E-state index contributed by atoms with van der Waals surface area (Å²) in [7, 11) is 0. The van der Waals surface area contributed by atoms with E-state index in [0.29, 0.717) is 48.4 Å². The molecule has 4 aliphatic rings. The Morgan fingerprint density at radius 2 is 0.450 bits per heavy atom. The monoisotopic (exact) mass is 837 g/mol. The Hall–Kier alpha value is -5.52. The van der Waals surface area contributed by atoms with Crippen LogP contribution in [0.3, 0.4) is 0 Å². The Morgan fingerprint density at radius 3 is 0.567 bits per heavy atom. The summed E-state index contributed by atoms with van der Waals surface area (Å²) in [6, 6.07) is 13.8. The minimum Gasteiger partial charge on any atom is -0.276 e.